The number of allylic oxidation sites excluding steroid dienone is 1. The Balaban J connectivity index is 2.19. The van der Waals surface area contributed by atoms with Crippen molar-refractivity contribution in [3.63, 3.8) is 0 Å². The zero-order valence-electron chi connectivity index (χ0n) is 12.3. The second-order valence-electron chi connectivity index (χ2n) is 4.90. The Labute approximate surface area is 127 Å². The van der Waals surface area contributed by atoms with Crippen LogP contribution in [-0.2, 0) is 14.3 Å². The van der Waals surface area contributed by atoms with Crippen molar-refractivity contribution < 1.29 is 18.7 Å². The number of carbonyl (C=O) groups is 2. The first kappa shape index (κ1) is 15.9. The van der Waals surface area contributed by atoms with Crippen LogP contribution < -0.4 is 5.43 Å². The van der Waals surface area contributed by atoms with Crippen LogP contribution in [-0.4, -0.2) is 30.1 Å². The number of ketones is 1. The lowest BCUT2D eigenvalue weighted by Crippen LogP contribution is -2.30. The Morgan fingerprint density at radius 2 is 2.00 bits per heavy atom. The Morgan fingerprint density at radius 1 is 1.36 bits per heavy atom. The molecule has 0 atom stereocenters. The number of benzene rings is 1. The summed E-state index contributed by atoms with van der Waals surface area (Å²) in [6, 6.07) is 5.48. The molecule has 1 fully saturated rings. The molecule has 0 spiro atoms. The van der Waals surface area contributed by atoms with E-state index in [0.29, 0.717) is 5.56 Å². The number of nitrogens with zero attached hydrogens (tertiary/aromatic N) is 1. The molecule has 1 aliphatic carbocycles. The molecule has 0 aromatic heterocycles. The predicted octanol–water partition coefficient (Wildman–Crippen LogP) is 2.08. The predicted molar refractivity (Wildman–Crippen MR) is 80.7 cm³/mol. The van der Waals surface area contributed by atoms with Crippen molar-refractivity contribution in [2.45, 2.75) is 25.8 Å². The number of carbonyl (C=O) groups excluding carboxylic acids is 2. The largest absolute Gasteiger partial charge is 0.461 e. The number of esters is 1. The molecule has 0 radical (unpaired) electrons. The summed E-state index contributed by atoms with van der Waals surface area (Å²) in [6.07, 6.45) is 1.90. The summed E-state index contributed by atoms with van der Waals surface area (Å²) in [6.45, 7) is 5.45. The molecule has 0 aliphatic heterocycles. The highest BCUT2D eigenvalue weighted by molar-refractivity contribution is 6.72. The van der Waals surface area contributed by atoms with E-state index in [9.17, 15) is 14.0 Å². The third-order valence-electron chi connectivity index (χ3n) is 3.09. The van der Waals surface area contributed by atoms with Crippen LogP contribution >= 0.6 is 0 Å². The van der Waals surface area contributed by atoms with Crippen molar-refractivity contribution in [3.8, 4) is 0 Å². The fraction of sp³-hybridized carbons (Fsp3) is 0.312. The van der Waals surface area contributed by atoms with Gasteiger partial charge in [0.1, 0.15) is 5.82 Å². The van der Waals surface area contributed by atoms with Gasteiger partial charge in [-0.25, -0.2) is 9.18 Å². The summed E-state index contributed by atoms with van der Waals surface area (Å²) in [4.78, 5) is 24.3. The van der Waals surface area contributed by atoms with Gasteiger partial charge in [0.2, 0.25) is 11.5 Å². The molecular weight excluding hydrogens is 287 g/mol. The van der Waals surface area contributed by atoms with E-state index < -0.39 is 17.6 Å². The summed E-state index contributed by atoms with van der Waals surface area (Å²) in [5.74, 6) is -1.86. The monoisotopic (exact) mass is 304 g/mol. The Morgan fingerprint density at radius 3 is 2.55 bits per heavy atom. The lowest BCUT2D eigenvalue weighted by molar-refractivity contribution is -0.135. The Hall–Kier alpha value is -2.50. The number of hydrogen-bond acceptors (Lipinski definition) is 5. The minimum absolute atomic E-state index is 0.0596. The van der Waals surface area contributed by atoms with E-state index in [1.165, 1.54) is 24.3 Å². The number of hydrazone groups is 1. The molecule has 0 saturated heterocycles. The lowest BCUT2D eigenvalue weighted by Gasteiger charge is -2.08. The van der Waals surface area contributed by atoms with Gasteiger partial charge in [-0.2, -0.15) is 5.10 Å². The van der Waals surface area contributed by atoms with Crippen LogP contribution in [0.5, 0.6) is 0 Å². The van der Waals surface area contributed by atoms with Crippen LogP contribution in [0.1, 0.15) is 25.3 Å². The first-order valence-electron chi connectivity index (χ1n) is 7.02. The van der Waals surface area contributed by atoms with Crippen LogP contribution in [0.3, 0.4) is 0 Å². The molecule has 1 aromatic rings. The maximum absolute atomic E-state index is 12.9. The van der Waals surface area contributed by atoms with E-state index in [4.69, 9.17) is 4.74 Å². The number of Topliss-reactive ketones (excluding diaryl/α,β-unsaturated/α-hetero) is 1. The van der Waals surface area contributed by atoms with Crippen molar-refractivity contribution in [3.05, 3.63) is 42.2 Å². The van der Waals surface area contributed by atoms with Gasteiger partial charge in [-0.05, 0) is 37.5 Å². The highest BCUT2D eigenvalue weighted by Crippen LogP contribution is 2.19. The van der Waals surface area contributed by atoms with Crippen LogP contribution in [0.2, 0.25) is 0 Å². The van der Waals surface area contributed by atoms with Gasteiger partial charge in [-0.15, -0.1) is 0 Å². The van der Waals surface area contributed by atoms with Crippen LogP contribution in [0.25, 0.3) is 5.57 Å². The highest BCUT2D eigenvalue weighted by Gasteiger charge is 2.27. The zero-order valence-corrected chi connectivity index (χ0v) is 12.3. The van der Waals surface area contributed by atoms with Gasteiger partial charge in [0, 0.05) is 11.6 Å². The molecule has 116 valence electrons. The molecule has 0 bridgehead atoms. The van der Waals surface area contributed by atoms with Crippen LogP contribution in [0, 0.1) is 5.82 Å². The summed E-state index contributed by atoms with van der Waals surface area (Å²) in [5, 5.41) is 3.88. The smallest absolute Gasteiger partial charge is 0.362 e. The molecule has 2 rings (SSSR count). The van der Waals surface area contributed by atoms with Crippen molar-refractivity contribution in [1.29, 1.82) is 0 Å². The number of nitrogens with one attached hydrogen (secondary N) is 1. The molecule has 0 amide bonds. The molecule has 6 heteroatoms. The van der Waals surface area contributed by atoms with E-state index >= 15 is 0 Å². The van der Waals surface area contributed by atoms with Gasteiger partial charge in [-0.3, -0.25) is 4.79 Å². The molecule has 0 unspecified atom stereocenters. The maximum Gasteiger partial charge on any atom is 0.362 e. The standard InChI is InChI=1S/C16H17FN2O3/c1-3-22-16(21)14(19-18-13-8-9-13)15(20)10(2)11-4-6-12(17)7-5-11/h4-7,13,18H,2-3,8-9H2,1H3/b19-14+. The van der Waals surface area contributed by atoms with E-state index in [1.54, 1.807) is 6.92 Å². The molecule has 22 heavy (non-hydrogen) atoms. The van der Waals surface area contributed by atoms with Crippen LogP contribution in [0.4, 0.5) is 4.39 Å². The van der Waals surface area contributed by atoms with E-state index in [-0.39, 0.29) is 23.9 Å². The molecule has 5 nitrogen and oxygen atoms in total. The number of rotatable bonds is 7. The molecule has 1 aliphatic rings. The van der Waals surface area contributed by atoms with E-state index in [1.807, 2.05) is 0 Å². The van der Waals surface area contributed by atoms with E-state index in [2.05, 4.69) is 17.1 Å². The normalized spacial score (nSPS) is 14.4. The number of hydrogen-bond donors (Lipinski definition) is 1. The Bertz CT molecular complexity index is 619. The fourth-order valence-electron chi connectivity index (χ4n) is 1.68. The molecule has 1 N–H and O–H groups in total. The van der Waals surface area contributed by atoms with E-state index in [0.717, 1.165) is 12.8 Å². The van der Waals surface area contributed by atoms with Crippen molar-refractivity contribution in [2.24, 2.45) is 5.10 Å². The third-order valence-corrected chi connectivity index (χ3v) is 3.09. The van der Waals surface area contributed by atoms with Gasteiger partial charge < -0.3 is 10.2 Å². The van der Waals surface area contributed by atoms with Gasteiger partial charge in [0.05, 0.1) is 6.61 Å². The Kier molecular flexibility index (Phi) is 5.04. The highest BCUT2D eigenvalue weighted by atomic mass is 19.1. The van der Waals surface area contributed by atoms with Crippen LogP contribution in [0.15, 0.2) is 35.9 Å². The first-order chi connectivity index (χ1) is 10.5. The van der Waals surface area contributed by atoms with Gasteiger partial charge in [-0.1, -0.05) is 18.7 Å². The number of ether oxygens (including phenoxy) is 1. The molecular formula is C16H17FN2O3. The van der Waals surface area contributed by atoms with Crippen molar-refractivity contribution >= 4 is 23.0 Å². The van der Waals surface area contributed by atoms with Gasteiger partial charge in [0.15, 0.2) is 0 Å². The van der Waals surface area contributed by atoms with Gasteiger partial charge in [0.25, 0.3) is 0 Å². The molecule has 0 heterocycles. The SMILES string of the molecule is C=C(C(=O)/C(=N\NC1CC1)C(=O)OCC)c1ccc(F)cc1. The zero-order chi connectivity index (χ0) is 16.1. The molecule has 1 saturated carbocycles. The third kappa shape index (κ3) is 4.00. The summed E-state index contributed by atoms with van der Waals surface area (Å²) in [5.41, 5.74) is 2.90. The topological polar surface area (TPSA) is 67.8 Å². The minimum atomic E-state index is -0.802. The number of halogens is 1. The first-order valence-corrected chi connectivity index (χ1v) is 7.02. The van der Waals surface area contributed by atoms with Crippen molar-refractivity contribution in [2.75, 3.05) is 6.61 Å². The molecule has 1 aromatic carbocycles. The maximum atomic E-state index is 12.9. The summed E-state index contributed by atoms with van der Waals surface area (Å²) in [7, 11) is 0. The second-order valence-corrected chi connectivity index (χ2v) is 4.90. The minimum Gasteiger partial charge on any atom is -0.461 e. The fourth-order valence-corrected chi connectivity index (χ4v) is 1.68. The summed E-state index contributed by atoms with van der Waals surface area (Å²) < 4.78 is 17.8. The quantitative estimate of drug-likeness (QED) is 0.275. The average molecular weight is 304 g/mol. The lowest BCUT2D eigenvalue weighted by atomic mass is 10.0. The van der Waals surface area contributed by atoms with Gasteiger partial charge >= 0.3 is 5.97 Å². The second kappa shape index (κ2) is 6.98. The van der Waals surface area contributed by atoms with Crippen molar-refractivity contribution in [1.82, 2.24) is 5.43 Å². The summed E-state index contributed by atoms with van der Waals surface area (Å²) >= 11 is 0. The average Bonchev–Trinajstić information content (AvgIpc) is 3.32.